The summed E-state index contributed by atoms with van der Waals surface area (Å²) in [4.78, 5) is 0. The van der Waals surface area contributed by atoms with E-state index >= 15 is 0 Å². The van der Waals surface area contributed by atoms with Gasteiger partial charge in [-0.2, -0.15) is 0 Å². The van der Waals surface area contributed by atoms with Crippen LogP contribution < -0.4 is 5.32 Å². The molecule has 2 N–H and O–H groups in total. The maximum absolute atomic E-state index is 9.13. The van der Waals surface area contributed by atoms with Crippen LogP contribution in [-0.4, -0.2) is 37.5 Å². The molecule has 0 aromatic heterocycles. The standard InChI is InChI=1S/C13H27NO2/c1-2-8-14-13(11-15)7-10-16-9-6-12-4-3-5-12/h12-15H,2-11H2,1H3. The van der Waals surface area contributed by atoms with E-state index in [9.17, 15) is 0 Å². The number of rotatable bonds is 10. The van der Waals surface area contributed by atoms with Crippen LogP contribution in [0.4, 0.5) is 0 Å². The molecule has 3 nitrogen and oxygen atoms in total. The molecule has 0 aliphatic heterocycles. The van der Waals surface area contributed by atoms with Gasteiger partial charge in [-0.1, -0.05) is 26.2 Å². The number of aliphatic hydroxyl groups excluding tert-OH is 1. The van der Waals surface area contributed by atoms with Crippen molar-refractivity contribution in [3.63, 3.8) is 0 Å². The van der Waals surface area contributed by atoms with Crippen LogP contribution in [0.2, 0.25) is 0 Å². The zero-order valence-corrected chi connectivity index (χ0v) is 10.6. The lowest BCUT2D eigenvalue weighted by molar-refractivity contribution is 0.0925. The van der Waals surface area contributed by atoms with Crippen LogP contribution in [-0.2, 0) is 4.74 Å². The van der Waals surface area contributed by atoms with E-state index < -0.39 is 0 Å². The van der Waals surface area contributed by atoms with Crippen molar-refractivity contribution in [2.45, 2.75) is 51.5 Å². The Morgan fingerprint density at radius 3 is 2.75 bits per heavy atom. The normalized spacial score (nSPS) is 18.4. The number of ether oxygens (including phenoxy) is 1. The zero-order chi connectivity index (χ0) is 11.6. The highest BCUT2D eigenvalue weighted by Crippen LogP contribution is 2.29. The maximum atomic E-state index is 9.13. The minimum atomic E-state index is 0.212. The third-order valence-corrected chi connectivity index (χ3v) is 3.41. The molecule has 0 aromatic carbocycles. The maximum Gasteiger partial charge on any atom is 0.0585 e. The molecule has 0 saturated heterocycles. The first-order valence-electron chi connectivity index (χ1n) is 6.78. The van der Waals surface area contributed by atoms with Crippen molar-refractivity contribution >= 4 is 0 Å². The van der Waals surface area contributed by atoms with E-state index in [1.54, 1.807) is 0 Å². The first-order valence-corrected chi connectivity index (χ1v) is 6.78. The predicted molar refractivity (Wildman–Crippen MR) is 66.6 cm³/mol. The number of hydrogen-bond donors (Lipinski definition) is 2. The second-order valence-corrected chi connectivity index (χ2v) is 4.82. The van der Waals surface area contributed by atoms with Gasteiger partial charge in [0.05, 0.1) is 6.61 Å². The van der Waals surface area contributed by atoms with Gasteiger partial charge in [-0.15, -0.1) is 0 Å². The third-order valence-electron chi connectivity index (χ3n) is 3.41. The third kappa shape index (κ3) is 5.83. The van der Waals surface area contributed by atoms with E-state index in [0.29, 0.717) is 0 Å². The van der Waals surface area contributed by atoms with Gasteiger partial charge >= 0.3 is 0 Å². The molecule has 3 heteroatoms. The highest BCUT2D eigenvalue weighted by molar-refractivity contribution is 4.69. The summed E-state index contributed by atoms with van der Waals surface area (Å²) in [5.74, 6) is 0.937. The average molecular weight is 229 g/mol. The molecule has 1 aliphatic carbocycles. The Morgan fingerprint density at radius 1 is 1.38 bits per heavy atom. The van der Waals surface area contributed by atoms with Gasteiger partial charge in [0, 0.05) is 19.3 Å². The minimum absolute atomic E-state index is 0.212. The van der Waals surface area contributed by atoms with Crippen LogP contribution in [0.1, 0.15) is 45.4 Å². The van der Waals surface area contributed by atoms with E-state index in [-0.39, 0.29) is 12.6 Å². The van der Waals surface area contributed by atoms with Gasteiger partial charge in [-0.25, -0.2) is 0 Å². The van der Waals surface area contributed by atoms with Gasteiger partial charge in [-0.05, 0) is 31.7 Å². The smallest absolute Gasteiger partial charge is 0.0585 e. The fraction of sp³-hybridized carbons (Fsp3) is 1.00. The lowest BCUT2D eigenvalue weighted by atomic mass is 9.83. The Hall–Kier alpha value is -0.120. The molecule has 16 heavy (non-hydrogen) atoms. The molecule has 1 aliphatic rings. The number of nitrogens with one attached hydrogen (secondary N) is 1. The molecule has 1 rings (SSSR count). The Bertz CT molecular complexity index is 160. The molecule has 1 atom stereocenters. The van der Waals surface area contributed by atoms with Crippen molar-refractivity contribution < 1.29 is 9.84 Å². The second kappa shape index (κ2) is 8.97. The fourth-order valence-electron chi connectivity index (χ4n) is 1.97. The van der Waals surface area contributed by atoms with Gasteiger partial charge in [0.25, 0.3) is 0 Å². The summed E-state index contributed by atoms with van der Waals surface area (Å²) in [5, 5.41) is 12.4. The lowest BCUT2D eigenvalue weighted by Crippen LogP contribution is -2.34. The predicted octanol–water partition coefficient (Wildman–Crippen LogP) is 1.94. The molecule has 1 unspecified atom stereocenters. The summed E-state index contributed by atoms with van der Waals surface area (Å²) in [6.07, 6.45) is 7.48. The Morgan fingerprint density at radius 2 is 2.19 bits per heavy atom. The van der Waals surface area contributed by atoms with Gasteiger partial charge in [0.2, 0.25) is 0 Å². The molecule has 0 aromatic rings. The molecule has 0 bridgehead atoms. The van der Waals surface area contributed by atoms with Crippen molar-refractivity contribution in [2.24, 2.45) is 5.92 Å². The van der Waals surface area contributed by atoms with Crippen LogP contribution >= 0.6 is 0 Å². The summed E-state index contributed by atoms with van der Waals surface area (Å²) in [5.41, 5.74) is 0. The van der Waals surface area contributed by atoms with Gasteiger partial charge in [-0.3, -0.25) is 0 Å². The van der Waals surface area contributed by atoms with E-state index in [2.05, 4.69) is 12.2 Å². The molecule has 1 fully saturated rings. The summed E-state index contributed by atoms with van der Waals surface area (Å²) in [6, 6.07) is 0.212. The second-order valence-electron chi connectivity index (χ2n) is 4.82. The monoisotopic (exact) mass is 229 g/mol. The molecule has 0 heterocycles. The molecule has 0 amide bonds. The number of hydrogen-bond acceptors (Lipinski definition) is 3. The van der Waals surface area contributed by atoms with Crippen LogP contribution in [0.5, 0.6) is 0 Å². The fourth-order valence-corrected chi connectivity index (χ4v) is 1.97. The average Bonchev–Trinajstić information content (AvgIpc) is 2.24. The van der Waals surface area contributed by atoms with Crippen molar-refractivity contribution in [1.82, 2.24) is 5.32 Å². The topological polar surface area (TPSA) is 41.5 Å². The Kier molecular flexibility index (Phi) is 7.81. The minimum Gasteiger partial charge on any atom is -0.395 e. The van der Waals surface area contributed by atoms with Crippen molar-refractivity contribution in [3.05, 3.63) is 0 Å². The highest BCUT2D eigenvalue weighted by Gasteiger charge is 2.16. The van der Waals surface area contributed by atoms with E-state index in [0.717, 1.165) is 38.5 Å². The molecular weight excluding hydrogens is 202 g/mol. The zero-order valence-electron chi connectivity index (χ0n) is 10.6. The summed E-state index contributed by atoms with van der Waals surface area (Å²) < 4.78 is 5.60. The molecule has 96 valence electrons. The summed E-state index contributed by atoms with van der Waals surface area (Å²) in [6.45, 7) is 5.00. The molecule has 0 radical (unpaired) electrons. The lowest BCUT2D eigenvalue weighted by Gasteiger charge is -2.25. The van der Waals surface area contributed by atoms with Crippen molar-refractivity contribution in [1.29, 1.82) is 0 Å². The Balaban J connectivity index is 1.87. The van der Waals surface area contributed by atoms with Crippen molar-refractivity contribution in [3.8, 4) is 0 Å². The Labute approximate surface area is 99.6 Å². The van der Waals surface area contributed by atoms with Crippen LogP contribution in [0.25, 0.3) is 0 Å². The highest BCUT2D eigenvalue weighted by atomic mass is 16.5. The van der Waals surface area contributed by atoms with E-state index in [4.69, 9.17) is 9.84 Å². The molecule has 1 saturated carbocycles. The van der Waals surface area contributed by atoms with Crippen LogP contribution in [0.3, 0.4) is 0 Å². The van der Waals surface area contributed by atoms with Crippen LogP contribution in [0.15, 0.2) is 0 Å². The van der Waals surface area contributed by atoms with Gasteiger partial charge < -0.3 is 15.2 Å². The van der Waals surface area contributed by atoms with Crippen molar-refractivity contribution in [2.75, 3.05) is 26.4 Å². The van der Waals surface area contributed by atoms with Gasteiger partial charge in [0.15, 0.2) is 0 Å². The molecular formula is C13H27NO2. The summed E-state index contributed by atoms with van der Waals surface area (Å²) >= 11 is 0. The summed E-state index contributed by atoms with van der Waals surface area (Å²) in [7, 11) is 0. The molecule has 0 spiro atoms. The quantitative estimate of drug-likeness (QED) is 0.563. The largest absolute Gasteiger partial charge is 0.395 e. The number of aliphatic hydroxyl groups is 1. The SMILES string of the molecule is CCCNC(CO)CCOCCC1CCC1. The van der Waals surface area contributed by atoms with E-state index in [1.165, 1.54) is 25.7 Å². The van der Waals surface area contributed by atoms with Gasteiger partial charge in [0.1, 0.15) is 0 Å². The van der Waals surface area contributed by atoms with Crippen LogP contribution in [0, 0.1) is 5.92 Å². The first kappa shape index (κ1) is 13.9. The van der Waals surface area contributed by atoms with E-state index in [1.807, 2.05) is 0 Å². The first-order chi connectivity index (χ1) is 7.86.